The molecule has 0 fully saturated rings. The van der Waals surface area contributed by atoms with Crippen molar-refractivity contribution in [3.05, 3.63) is 59.4 Å². The average molecular weight is 459 g/mol. The predicted molar refractivity (Wildman–Crippen MR) is 119 cm³/mol. The second-order valence-electron chi connectivity index (χ2n) is 7.20. The van der Waals surface area contributed by atoms with E-state index in [9.17, 15) is 13.2 Å². The lowest BCUT2D eigenvalue weighted by Crippen LogP contribution is -2.16. The highest BCUT2D eigenvalue weighted by Crippen LogP contribution is 2.37. The molecule has 0 bridgehead atoms. The van der Waals surface area contributed by atoms with E-state index < -0.39 is 9.84 Å². The number of hydrogen-bond acceptors (Lipinski definition) is 6. The summed E-state index contributed by atoms with van der Waals surface area (Å²) in [4.78, 5) is 17.5. The number of sulfone groups is 1. The molecule has 7 nitrogen and oxygen atoms in total. The van der Waals surface area contributed by atoms with Gasteiger partial charge in [-0.15, -0.1) is 6.58 Å². The standard InChI is InChI=1S/C22H22N2O5S2/c1-3-10-24-17-12-18-19(29-14-28-18)13-20(17)30-22(24)23-21(25)5-4-11-31(26,27)16-8-6-15(2)7-9-16/h3,6-9,12-13H,1,4-5,10-11,14H2,2H3. The van der Waals surface area contributed by atoms with E-state index in [0.29, 0.717) is 22.8 Å². The van der Waals surface area contributed by atoms with E-state index in [1.165, 1.54) is 11.3 Å². The van der Waals surface area contributed by atoms with Crippen molar-refractivity contribution in [2.75, 3.05) is 12.5 Å². The zero-order chi connectivity index (χ0) is 22.0. The Hall–Kier alpha value is -2.91. The van der Waals surface area contributed by atoms with Gasteiger partial charge in [0.1, 0.15) is 0 Å². The molecule has 31 heavy (non-hydrogen) atoms. The highest BCUT2D eigenvalue weighted by atomic mass is 32.2. The Morgan fingerprint density at radius 3 is 2.65 bits per heavy atom. The molecule has 1 aliphatic heterocycles. The van der Waals surface area contributed by atoms with Crippen molar-refractivity contribution in [1.29, 1.82) is 0 Å². The first-order valence-electron chi connectivity index (χ1n) is 9.78. The Balaban J connectivity index is 1.51. The van der Waals surface area contributed by atoms with Gasteiger partial charge in [-0.25, -0.2) is 8.42 Å². The molecule has 0 spiro atoms. The first kappa shape index (κ1) is 21.3. The van der Waals surface area contributed by atoms with Gasteiger partial charge < -0.3 is 14.0 Å². The van der Waals surface area contributed by atoms with Crippen molar-refractivity contribution in [3.8, 4) is 11.5 Å². The van der Waals surface area contributed by atoms with E-state index in [0.717, 1.165) is 15.8 Å². The molecule has 0 atom stereocenters. The SMILES string of the molecule is C=CCn1c(=NC(=O)CCCS(=O)(=O)c2ccc(C)cc2)sc2cc3c(cc21)OCO3. The summed E-state index contributed by atoms with van der Waals surface area (Å²) in [5, 5.41) is 0. The number of aromatic nitrogens is 1. The summed E-state index contributed by atoms with van der Waals surface area (Å²) in [7, 11) is -3.43. The van der Waals surface area contributed by atoms with Crippen LogP contribution in [0, 0.1) is 6.92 Å². The zero-order valence-electron chi connectivity index (χ0n) is 17.0. The van der Waals surface area contributed by atoms with Crippen LogP contribution < -0.4 is 14.3 Å². The minimum atomic E-state index is -3.43. The molecule has 0 saturated heterocycles. The van der Waals surface area contributed by atoms with E-state index >= 15 is 0 Å². The van der Waals surface area contributed by atoms with Gasteiger partial charge in [0.15, 0.2) is 26.1 Å². The number of amides is 1. The fourth-order valence-electron chi connectivity index (χ4n) is 3.29. The Morgan fingerprint density at radius 2 is 1.94 bits per heavy atom. The second-order valence-corrected chi connectivity index (χ2v) is 10.3. The van der Waals surface area contributed by atoms with Crippen LogP contribution >= 0.6 is 11.3 Å². The lowest BCUT2D eigenvalue weighted by Gasteiger charge is -2.04. The molecule has 1 amide bonds. The third kappa shape index (κ3) is 4.57. The lowest BCUT2D eigenvalue weighted by molar-refractivity contribution is -0.118. The van der Waals surface area contributed by atoms with Gasteiger partial charge in [0.05, 0.1) is 20.9 Å². The number of rotatable bonds is 7. The van der Waals surface area contributed by atoms with Crippen LogP contribution in [0.5, 0.6) is 11.5 Å². The van der Waals surface area contributed by atoms with Crippen LogP contribution in [-0.4, -0.2) is 31.4 Å². The number of carbonyl (C=O) groups excluding carboxylic acids is 1. The minimum Gasteiger partial charge on any atom is -0.454 e. The third-order valence-corrected chi connectivity index (χ3v) is 7.75. The number of fused-ring (bicyclic) bond motifs is 2. The summed E-state index contributed by atoms with van der Waals surface area (Å²) >= 11 is 1.37. The number of hydrogen-bond donors (Lipinski definition) is 0. The fraction of sp³-hybridized carbons (Fsp3) is 0.273. The number of allylic oxidation sites excluding steroid dienone is 1. The summed E-state index contributed by atoms with van der Waals surface area (Å²) < 4.78 is 38.6. The number of ether oxygens (including phenoxy) is 2. The summed E-state index contributed by atoms with van der Waals surface area (Å²) in [5.74, 6) is 0.863. The van der Waals surface area contributed by atoms with Gasteiger partial charge in [0, 0.05) is 25.1 Å². The Bertz CT molecular complexity index is 1320. The van der Waals surface area contributed by atoms with Crippen LogP contribution in [0.2, 0.25) is 0 Å². The molecule has 0 aliphatic carbocycles. The zero-order valence-corrected chi connectivity index (χ0v) is 18.7. The Morgan fingerprint density at radius 1 is 1.23 bits per heavy atom. The minimum absolute atomic E-state index is 0.0517. The number of benzene rings is 2. The van der Waals surface area contributed by atoms with E-state index in [4.69, 9.17) is 9.47 Å². The maximum atomic E-state index is 12.5. The van der Waals surface area contributed by atoms with Gasteiger partial charge >= 0.3 is 0 Å². The normalized spacial score (nSPS) is 13.6. The molecule has 4 rings (SSSR count). The van der Waals surface area contributed by atoms with Crippen molar-refractivity contribution in [3.63, 3.8) is 0 Å². The topological polar surface area (TPSA) is 87.0 Å². The highest BCUT2D eigenvalue weighted by molar-refractivity contribution is 7.91. The molecule has 9 heteroatoms. The van der Waals surface area contributed by atoms with Crippen LogP contribution in [0.4, 0.5) is 0 Å². The first-order chi connectivity index (χ1) is 14.9. The summed E-state index contributed by atoms with van der Waals surface area (Å²) in [6.07, 6.45) is 1.99. The van der Waals surface area contributed by atoms with E-state index in [1.807, 2.05) is 23.6 Å². The fourth-order valence-corrected chi connectivity index (χ4v) is 5.67. The van der Waals surface area contributed by atoms with Crippen LogP contribution in [0.3, 0.4) is 0 Å². The molecule has 0 N–H and O–H groups in total. The number of nitrogens with zero attached hydrogens (tertiary/aromatic N) is 2. The van der Waals surface area contributed by atoms with Gasteiger partial charge in [-0.2, -0.15) is 4.99 Å². The Kier molecular flexibility index (Phi) is 5.97. The largest absolute Gasteiger partial charge is 0.454 e. The van der Waals surface area contributed by atoms with E-state index in [1.54, 1.807) is 30.3 Å². The molecule has 1 aliphatic rings. The smallest absolute Gasteiger partial charge is 0.248 e. The van der Waals surface area contributed by atoms with Crippen LogP contribution in [0.15, 0.2) is 58.9 Å². The number of thiazole rings is 1. The van der Waals surface area contributed by atoms with Crippen LogP contribution in [0.1, 0.15) is 18.4 Å². The first-order valence-corrected chi connectivity index (χ1v) is 12.2. The molecule has 162 valence electrons. The van der Waals surface area contributed by atoms with Gasteiger partial charge in [0.2, 0.25) is 12.7 Å². The quantitative estimate of drug-likeness (QED) is 0.505. The molecular formula is C22H22N2O5S2. The van der Waals surface area contributed by atoms with Crippen LogP contribution in [0.25, 0.3) is 10.2 Å². The van der Waals surface area contributed by atoms with Crippen LogP contribution in [-0.2, 0) is 21.2 Å². The molecule has 1 aromatic heterocycles. The lowest BCUT2D eigenvalue weighted by atomic mass is 10.2. The van der Waals surface area contributed by atoms with Gasteiger partial charge in [-0.05, 0) is 25.5 Å². The monoisotopic (exact) mass is 458 g/mol. The molecule has 2 aromatic carbocycles. The molecule has 0 saturated carbocycles. The average Bonchev–Trinajstić information content (AvgIpc) is 3.31. The summed E-state index contributed by atoms with van der Waals surface area (Å²) in [6.45, 7) is 6.35. The van der Waals surface area contributed by atoms with E-state index in [2.05, 4.69) is 11.6 Å². The molecule has 3 aromatic rings. The maximum Gasteiger partial charge on any atom is 0.248 e. The van der Waals surface area contributed by atoms with Gasteiger partial charge in [0.25, 0.3) is 0 Å². The van der Waals surface area contributed by atoms with Crippen molar-refractivity contribution in [2.45, 2.75) is 31.2 Å². The van der Waals surface area contributed by atoms with E-state index in [-0.39, 0.29) is 36.2 Å². The van der Waals surface area contributed by atoms with Crippen molar-refractivity contribution in [1.82, 2.24) is 4.57 Å². The molecule has 2 heterocycles. The van der Waals surface area contributed by atoms with Crippen molar-refractivity contribution < 1.29 is 22.7 Å². The number of carbonyl (C=O) groups is 1. The Labute approximate surface area is 184 Å². The van der Waals surface area contributed by atoms with Crippen molar-refractivity contribution in [2.24, 2.45) is 4.99 Å². The van der Waals surface area contributed by atoms with Gasteiger partial charge in [-0.3, -0.25) is 4.79 Å². The number of aryl methyl sites for hydroxylation is 1. The summed E-state index contributed by atoms with van der Waals surface area (Å²) in [6, 6.07) is 10.5. The molecular weight excluding hydrogens is 436 g/mol. The highest BCUT2D eigenvalue weighted by Gasteiger charge is 2.18. The molecule has 0 radical (unpaired) electrons. The third-order valence-electron chi connectivity index (χ3n) is 4.89. The second kappa shape index (κ2) is 8.68. The maximum absolute atomic E-state index is 12.5. The molecule has 0 unspecified atom stereocenters. The van der Waals surface area contributed by atoms with Crippen molar-refractivity contribution >= 4 is 37.3 Å². The van der Waals surface area contributed by atoms with Gasteiger partial charge in [-0.1, -0.05) is 35.1 Å². The predicted octanol–water partition coefficient (Wildman–Crippen LogP) is 3.61. The summed E-state index contributed by atoms with van der Waals surface area (Å²) in [5.41, 5.74) is 1.87.